The molecular weight excluding hydrogens is 128 g/mol. The van der Waals surface area contributed by atoms with E-state index in [1.165, 1.54) is 6.01 Å². The van der Waals surface area contributed by atoms with Crippen LogP contribution < -0.4 is 0 Å². The van der Waals surface area contributed by atoms with Crippen LogP contribution in [-0.4, -0.2) is 16.2 Å². The molecule has 0 saturated heterocycles. The second kappa shape index (κ2) is 4.47. The highest BCUT2D eigenvalue weighted by atomic mass is 15.1. The quantitative estimate of drug-likeness (QED) is 0.465. The molecule has 0 unspecified atom stereocenters. The number of hydrogen-bond donors (Lipinski definition) is 3. The predicted molar refractivity (Wildman–Crippen MR) is 38.5 cm³/mol. The summed E-state index contributed by atoms with van der Waals surface area (Å²) < 4.78 is 0. The number of aryl methyl sites for hydroxylation is 2. The first-order valence-electron chi connectivity index (χ1n) is 2.77. The number of nitrogens with one attached hydrogen (secondary N) is 3. The van der Waals surface area contributed by atoms with Gasteiger partial charge in [-0.3, -0.25) is 5.10 Å². The van der Waals surface area contributed by atoms with Crippen LogP contribution in [0.25, 0.3) is 0 Å². The van der Waals surface area contributed by atoms with Gasteiger partial charge in [0.1, 0.15) is 0 Å². The van der Waals surface area contributed by atoms with Crippen LogP contribution >= 0.6 is 0 Å². The lowest BCUT2D eigenvalue weighted by atomic mass is 10.4. The predicted octanol–water partition coefficient (Wildman–Crippen LogP) is 1.34. The SMILES string of the molecule is Cc1cc(C)[nH]n1.N=C=N. The Bertz CT molecular complexity index is 203. The number of nitrogens with zero attached hydrogens (tertiary/aromatic N) is 1. The van der Waals surface area contributed by atoms with E-state index in [0.717, 1.165) is 11.4 Å². The Labute approximate surface area is 59.3 Å². The third-order valence-corrected chi connectivity index (χ3v) is 0.834. The minimum absolute atomic E-state index is 1.05. The summed E-state index contributed by atoms with van der Waals surface area (Å²) in [4.78, 5) is 0. The first-order chi connectivity index (χ1) is 4.70. The van der Waals surface area contributed by atoms with Gasteiger partial charge in [0.15, 0.2) is 0 Å². The number of rotatable bonds is 0. The summed E-state index contributed by atoms with van der Waals surface area (Å²) in [5, 5.41) is 18.0. The highest BCUT2D eigenvalue weighted by Gasteiger charge is 1.84. The van der Waals surface area contributed by atoms with Crippen LogP contribution in [0.15, 0.2) is 6.07 Å². The Morgan fingerprint density at radius 2 is 2.00 bits per heavy atom. The Kier molecular flexibility index (Phi) is 3.84. The first-order valence-corrected chi connectivity index (χ1v) is 2.77. The zero-order chi connectivity index (χ0) is 7.98. The van der Waals surface area contributed by atoms with Gasteiger partial charge in [-0.15, -0.1) is 0 Å². The molecule has 0 fully saturated rings. The molecule has 0 radical (unpaired) electrons. The summed E-state index contributed by atoms with van der Waals surface area (Å²) >= 11 is 0. The second-order valence-electron chi connectivity index (χ2n) is 1.82. The van der Waals surface area contributed by atoms with Crippen LogP contribution in [0.5, 0.6) is 0 Å². The molecule has 54 valence electrons. The highest BCUT2D eigenvalue weighted by molar-refractivity contribution is 5.29. The van der Waals surface area contributed by atoms with Gasteiger partial charge >= 0.3 is 0 Å². The maximum Gasteiger partial charge on any atom is 0.0831 e. The van der Waals surface area contributed by atoms with Gasteiger partial charge in [0, 0.05) is 5.69 Å². The summed E-state index contributed by atoms with van der Waals surface area (Å²) in [5.74, 6) is 0. The Hall–Kier alpha value is -1.41. The van der Waals surface area contributed by atoms with Gasteiger partial charge < -0.3 is 0 Å². The molecule has 0 aliphatic heterocycles. The third-order valence-electron chi connectivity index (χ3n) is 0.834. The summed E-state index contributed by atoms with van der Waals surface area (Å²) in [6.45, 7) is 3.95. The van der Waals surface area contributed by atoms with Crippen molar-refractivity contribution in [3.63, 3.8) is 0 Å². The van der Waals surface area contributed by atoms with Crippen LogP contribution in [0.1, 0.15) is 11.4 Å². The van der Waals surface area contributed by atoms with E-state index in [2.05, 4.69) is 10.2 Å². The zero-order valence-corrected chi connectivity index (χ0v) is 6.02. The molecule has 4 nitrogen and oxygen atoms in total. The Morgan fingerprint density at radius 1 is 1.50 bits per heavy atom. The smallest absolute Gasteiger partial charge is 0.0831 e. The van der Waals surface area contributed by atoms with E-state index in [1.54, 1.807) is 0 Å². The van der Waals surface area contributed by atoms with Crippen molar-refractivity contribution >= 4 is 6.01 Å². The molecule has 1 rings (SSSR count). The van der Waals surface area contributed by atoms with Crippen LogP contribution in [-0.2, 0) is 0 Å². The van der Waals surface area contributed by atoms with Gasteiger partial charge in [-0.25, -0.2) is 10.8 Å². The van der Waals surface area contributed by atoms with Crippen molar-refractivity contribution in [1.29, 1.82) is 10.8 Å². The molecule has 0 spiro atoms. The van der Waals surface area contributed by atoms with E-state index in [1.807, 2.05) is 19.9 Å². The summed E-state index contributed by atoms with van der Waals surface area (Å²) in [5.41, 5.74) is 2.18. The molecule has 0 aliphatic rings. The van der Waals surface area contributed by atoms with E-state index in [0.29, 0.717) is 0 Å². The van der Waals surface area contributed by atoms with Crippen LogP contribution in [0, 0.1) is 24.7 Å². The molecule has 0 atom stereocenters. The fourth-order valence-electron chi connectivity index (χ4n) is 0.554. The first kappa shape index (κ1) is 8.59. The molecule has 0 saturated carbocycles. The molecule has 1 aromatic heterocycles. The molecule has 0 amide bonds. The second-order valence-corrected chi connectivity index (χ2v) is 1.82. The van der Waals surface area contributed by atoms with Crippen molar-refractivity contribution in [2.75, 3.05) is 0 Å². The minimum Gasteiger partial charge on any atom is -0.283 e. The third kappa shape index (κ3) is 3.57. The van der Waals surface area contributed by atoms with Gasteiger partial charge in [-0.1, -0.05) is 0 Å². The zero-order valence-electron chi connectivity index (χ0n) is 6.02. The molecule has 10 heavy (non-hydrogen) atoms. The standard InChI is InChI=1S/C5H8N2.CH2N2/c1-4-3-5(2)7-6-4;2-1-3/h3H,1-2H3,(H,6,7);2-3H. The minimum atomic E-state index is 1.05. The number of aromatic nitrogens is 2. The lowest BCUT2D eigenvalue weighted by Gasteiger charge is -1.68. The molecule has 0 bridgehead atoms. The number of aromatic amines is 1. The molecule has 0 aliphatic carbocycles. The van der Waals surface area contributed by atoms with Crippen molar-refractivity contribution in [2.24, 2.45) is 0 Å². The Balaban J connectivity index is 0.000000236. The van der Waals surface area contributed by atoms with Gasteiger partial charge in [0.2, 0.25) is 0 Å². The molecule has 1 heterocycles. The number of H-pyrrole nitrogens is 1. The fourth-order valence-corrected chi connectivity index (χ4v) is 0.554. The van der Waals surface area contributed by atoms with Crippen molar-refractivity contribution in [1.82, 2.24) is 10.2 Å². The molecular formula is C6H10N4. The van der Waals surface area contributed by atoms with Crippen molar-refractivity contribution in [2.45, 2.75) is 13.8 Å². The van der Waals surface area contributed by atoms with Crippen LogP contribution in [0.2, 0.25) is 0 Å². The maximum atomic E-state index is 5.62. The lowest BCUT2D eigenvalue weighted by Crippen LogP contribution is -1.68. The topological polar surface area (TPSA) is 76.4 Å². The molecule has 1 aromatic rings. The summed E-state index contributed by atoms with van der Waals surface area (Å²) in [7, 11) is 0. The summed E-state index contributed by atoms with van der Waals surface area (Å²) in [6, 6.07) is 3.25. The fraction of sp³-hybridized carbons (Fsp3) is 0.333. The van der Waals surface area contributed by atoms with E-state index in [-0.39, 0.29) is 0 Å². The van der Waals surface area contributed by atoms with Gasteiger partial charge in [-0.2, -0.15) is 5.10 Å². The van der Waals surface area contributed by atoms with E-state index in [4.69, 9.17) is 10.8 Å². The maximum absolute atomic E-state index is 5.62. The monoisotopic (exact) mass is 138 g/mol. The van der Waals surface area contributed by atoms with E-state index in [9.17, 15) is 0 Å². The van der Waals surface area contributed by atoms with Crippen molar-refractivity contribution in [3.05, 3.63) is 17.5 Å². The summed E-state index contributed by atoms with van der Waals surface area (Å²) in [6.07, 6.45) is 0. The number of hydrogen-bond acceptors (Lipinski definition) is 3. The highest BCUT2D eigenvalue weighted by Crippen LogP contribution is 1.92. The van der Waals surface area contributed by atoms with Crippen LogP contribution in [0.3, 0.4) is 0 Å². The van der Waals surface area contributed by atoms with Gasteiger partial charge in [0.05, 0.1) is 11.7 Å². The Morgan fingerprint density at radius 3 is 2.10 bits per heavy atom. The van der Waals surface area contributed by atoms with Gasteiger partial charge in [-0.05, 0) is 19.9 Å². The van der Waals surface area contributed by atoms with E-state index >= 15 is 0 Å². The van der Waals surface area contributed by atoms with E-state index < -0.39 is 0 Å². The molecule has 0 aromatic carbocycles. The molecule has 3 N–H and O–H groups in total. The lowest BCUT2D eigenvalue weighted by molar-refractivity contribution is 1.02. The van der Waals surface area contributed by atoms with Crippen molar-refractivity contribution in [3.8, 4) is 0 Å². The normalized spacial score (nSPS) is 7.40. The average Bonchev–Trinajstić information content (AvgIpc) is 2.17. The molecule has 4 heteroatoms. The van der Waals surface area contributed by atoms with Crippen LogP contribution in [0.4, 0.5) is 0 Å². The average molecular weight is 138 g/mol. The van der Waals surface area contributed by atoms with Gasteiger partial charge in [0.25, 0.3) is 0 Å². The van der Waals surface area contributed by atoms with Crippen molar-refractivity contribution < 1.29 is 0 Å². The largest absolute Gasteiger partial charge is 0.283 e.